The summed E-state index contributed by atoms with van der Waals surface area (Å²) in [7, 11) is 1.70. The molecule has 26 heavy (non-hydrogen) atoms. The maximum Gasteiger partial charge on any atom is 0.418 e. The second kappa shape index (κ2) is 6.40. The minimum absolute atomic E-state index is 0.00437. The topological polar surface area (TPSA) is 56.3 Å². The molecule has 2 N–H and O–H groups in total. The fourth-order valence-electron chi connectivity index (χ4n) is 3.49. The zero-order valence-electron chi connectivity index (χ0n) is 14.2. The average Bonchev–Trinajstić information content (AvgIpc) is 2.97. The van der Waals surface area contributed by atoms with E-state index in [0.29, 0.717) is 30.3 Å². The smallest absolute Gasteiger partial charge is 0.354 e. The third-order valence-corrected chi connectivity index (χ3v) is 4.72. The fraction of sp³-hybridized carbons (Fsp3) is 0.412. The molecule has 1 saturated heterocycles. The van der Waals surface area contributed by atoms with E-state index in [1.54, 1.807) is 30.4 Å². The number of fused-ring (bicyclic) bond motifs is 1. The lowest BCUT2D eigenvalue weighted by Crippen LogP contribution is -2.44. The number of aromatic nitrogens is 2. The van der Waals surface area contributed by atoms with Gasteiger partial charge in [0.25, 0.3) is 0 Å². The Morgan fingerprint density at radius 1 is 1.15 bits per heavy atom. The van der Waals surface area contributed by atoms with Crippen molar-refractivity contribution < 1.29 is 13.2 Å². The van der Waals surface area contributed by atoms with Gasteiger partial charge < -0.3 is 15.6 Å². The second-order valence-electron chi connectivity index (χ2n) is 6.40. The van der Waals surface area contributed by atoms with Gasteiger partial charge in [-0.2, -0.15) is 13.2 Å². The number of hydrogen-bond donors (Lipinski definition) is 2. The Bertz CT molecular complexity index is 803. The van der Waals surface area contributed by atoms with Crippen LogP contribution in [0.5, 0.6) is 0 Å². The first-order chi connectivity index (χ1) is 12.4. The highest BCUT2D eigenvalue weighted by molar-refractivity contribution is 5.55. The van der Waals surface area contributed by atoms with E-state index in [-0.39, 0.29) is 5.69 Å². The number of hydrogen-bond acceptors (Lipinski definition) is 6. The van der Waals surface area contributed by atoms with Crippen LogP contribution < -0.4 is 15.6 Å². The summed E-state index contributed by atoms with van der Waals surface area (Å²) < 4.78 is 41.0. The lowest BCUT2D eigenvalue weighted by atomic mass is 10.00. The van der Waals surface area contributed by atoms with E-state index in [1.165, 1.54) is 6.07 Å². The summed E-state index contributed by atoms with van der Waals surface area (Å²) >= 11 is 0. The number of pyridine rings is 2. The van der Waals surface area contributed by atoms with Gasteiger partial charge in [-0.15, -0.1) is 0 Å². The highest BCUT2D eigenvalue weighted by Gasteiger charge is 2.41. The Hall–Kier alpha value is -2.39. The Morgan fingerprint density at radius 2 is 1.92 bits per heavy atom. The van der Waals surface area contributed by atoms with Crippen molar-refractivity contribution >= 4 is 11.6 Å². The second-order valence-corrected chi connectivity index (χ2v) is 6.40. The van der Waals surface area contributed by atoms with Crippen molar-refractivity contribution in [3.63, 3.8) is 0 Å². The van der Waals surface area contributed by atoms with Crippen LogP contribution in [0.4, 0.5) is 24.8 Å². The Morgan fingerprint density at radius 3 is 2.65 bits per heavy atom. The summed E-state index contributed by atoms with van der Waals surface area (Å²) in [4.78, 5) is 10.7. The molecule has 4 rings (SSSR count). The molecule has 2 aromatic heterocycles. The Kier molecular flexibility index (Phi) is 4.20. The van der Waals surface area contributed by atoms with Crippen LogP contribution in [0.25, 0.3) is 0 Å². The van der Waals surface area contributed by atoms with Gasteiger partial charge in [0.1, 0.15) is 17.7 Å². The lowest BCUT2D eigenvalue weighted by molar-refractivity contribution is -0.138. The molecular weight excluding hydrogens is 345 g/mol. The van der Waals surface area contributed by atoms with Crippen LogP contribution in [0.2, 0.25) is 0 Å². The molecule has 0 aliphatic carbocycles. The van der Waals surface area contributed by atoms with Crippen molar-refractivity contribution in [2.24, 2.45) is 0 Å². The standard InChI is InChI=1S/C17H19F3N6/c1-25-15(11-3-2-6-22-16(11)24-25)14-12(17(18,19)20)4-5-13(23-14)26-9-7-21-8-10-26/h2-6,15,21H,7-10H2,1H3,(H,22,24). The Labute approximate surface area is 149 Å². The van der Waals surface area contributed by atoms with Gasteiger partial charge in [0.05, 0.1) is 11.3 Å². The molecule has 6 nitrogen and oxygen atoms in total. The van der Waals surface area contributed by atoms with Gasteiger partial charge in [0.15, 0.2) is 0 Å². The highest BCUT2D eigenvalue weighted by atomic mass is 19.4. The third kappa shape index (κ3) is 2.97. The summed E-state index contributed by atoms with van der Waals surface area (Å²) in [6, 6.07) is 5.45. The predicted molar refractivity (Wildman–Crippen MR) is 91.8 cm³/mol. The lowest BCUT2D eigenvalue weighted by Gasteiger charge is -2.30. The number of nitrogens with zero attached hydrogens (tertiary/aromatic N) is 4. The van der Waals surface area contributed by atoms with E-state index in [2.05, 4.69) is 20.7 Å². The van der Waals surface area contributed by atoms with Crippen molar-refractivity contribution in [1.29, 1.82) is 0 Å². The number of anilines is 2. The van der Waals surface area contributed by atoms with E-state index >= 15 is 0 Å². The maximum atomic E-state index is 13.7. The first-order valence-electron chi connectivity index (χ1n) is 8.43. The van der Waals surface area contributed by atoms with Crippen molar-refractivity contribution in [2.75, 3.05) is 43.6 Å². The molecule has 0 aromatic carbocycles. The predicted octanol–water partition coefficient (Wildman–Crippen LogP) is 2.27. The molecular formula is C17H19F3N6. The molecule has 0 saturated carbocycles. The van der Waals surface area contributed by atoms with Crippen LogP contribution in [0, 0.1) is 0 Å². The summed E-state index contributed by atoms with van der Waals surface area (Å²) in [5.74, 6) is 1.13. The zero-order chi connectivity index (χ0) is 18.3. The summed E-state index contributed by atoms with van der Waals surface area (Å²) in [6.07, 6.45) is -2.87. The number of alkyl halides is 3. The Balaban J connectivity index is 1.82. The molecule has 4 heterocycles. The normalized spacial score (nSPS) is 20.8. The summed E-state index contributed by atoms with van der Waals surface area (Å²) in [6.45, 7) is 3.01. The minimum atomic E-state index is -4.48. The van der Waals surface area contributed by atoms with Crippen LogP contribution in [0.1, 0.15) is 22.9 Å². The summed E-state index contributed by atoms with van der Waals surface area (Å²) in [5.41, 5.74) is 2.98. The molecule has 1 atom stereocenters. The van der Waals surface area contributed by atoms with Crippen LogP contribution in [0.3, 0.4) is 0 Å². The molecule has 9 heteroatoms. The number of halogens is 3. The van der Waals surface area contributed by atoms with Crippen LogP contribution >= 0.6 is 0 Å². The largest absolute Gasteiger partial charge is 0.418 e. The maximum absolute atomic E-state index is 13.7. The van der Waals surface area contributed by atoms with Crippen molar-refractivity contribution in [2.45, 2.75) is 12.2 Å². The number of rotatable bonds is 2. The van der Waals surface area contributed by atoms with Gasteiger partial charge in [-0.1, -0.05) is 6.07 Å². The van der Waals surface area contributed by atoms with E-state index in [9.17, 15) is 13.2 Å². The molecule has 0 spiro atoms. The molecule has 0 radical (unpaired) electrons. The van der Waals surface area contributed by atoms with Gasteiger partial charge >= 0.3 is 6.18 Å². The van der Waals surface area contributed by atoms with Gasteiger partial charge in [0.2, 0.25) is 0 Å². The number of piperazine rings is 1. The van der Waals surface area contributed by atoms with E-state index in [0.717, 1.165) is 19.2 Å². The molecule has 2 aromatic rings. The SMILES string of the molecule is CN1Nc2ncccc2C1c1nc(N2CCNCC2)ccc1C(F)(F)F. The molecule has 2 aliphatic rings. The fourth-order valence-corrected chi connectivity index (χ4v) is 3.49. The van der Waals surface area contributed by atoms with Gasteiger partial charge in [-0.25, -0.2) is 15.0 Å². The van der Waals surface area contributed by atoms with Gasteiger partial charge in [-0.3, -0.25) is 0 Å². The first-order valence-corrected chi connectivity index (χ1v) is 8.43. The number of hydrazine groups is 1. The molecule has 0 amide bonds. The average molecular weight is 364 g/mol. The van der Waals surface area contributed by atoms with Crippen molar-refractivity contribution in [3.8, 4) is 0 Å². The van der Waals surface area contributed by atoms with Crippen LogP contribution in [-0.4, -0.2) is 48.2 Å². The van der Waals surface area contributed by atoms with Crippen LogP contribution in [0.15, 0.2) is 30.5 Å². The van der Waals surface area contributed by atoms with Crippen LogP contribution in [-0.2, 0) is 6.18 Å². The highest BCUT2D eigenvalue weighted by Crippen LogP contribution is 2.42. The molecule has 138 valence electrons. The first kappa shape index (κ1) is 17.0. The quantitative estimate of drug-likeness (QED) is 0.853. The minimum Gasteiger partial charge on any atom is -0.354 e. The molecule has 1 fully saturated rings. The third-order valence-electron chi connectivity index (χ3n) is 4.72. The zero-order valence-corrected chi connectivity index (χ0v) is 14.2. The molecule has 2 aliphatic heterocycles. The van der Waals surface area contributed by atoms with E-state index < -0.39 is 17.8 Å². The van der Waals surface area contributed by atoms with Gasteiger partial charge in [-0.05, 0) is 18.2 Å². The van der Waals surface area contributed by atoms with E-state index in [1.807, 2.05) is 4.90 Å². The number of nitrogens with one attached hydrogen (secondary N) is 2. The summed E-state index contributed by atoms with van der Waals surface area (Å²) in [5, 5.41) is 4.86. The molecule has 0 bridgehead atoms. The van der Waals surface area contributed by atoms with Gasteiger partial charge in [0, 0.05) is 45.0 Å². The van der Waals surface area contributed by atoms with Crippen molar-refractivity contribution in [1.82, 2.24) is 20.3 Å². The van der Waals surface area contributed by atoms with Crippen molar-refractivity contribution in [3.05, 3.63) is 47.3 Å². The van der Waals surface area contributed by atoms with E-state index in [4.69, 9.17) is 0 Å². The monoisotopic (exact) mass is 364 g/mol. The molecule has 1 unspecified atom stereocenters.